The Morgan fingerprint density at radius 2 is 1.92 bits per heavy atom. The molecule has 0 aliphatic carbocycles. The molecule has 2 aromatic rings. The van der Waals surface area contributed by atoms with Gasteiger partial charge in [-0.1, -0.05) is 24.3 Å². The second-order valence-corrected chi connectivity index (χ2v) is 6.16. The van der Waals surface area contributed by atoms with Gasteiger partial charge >= 0.3 is 0 Å². The van der Waals surface area contributed by atoms with Crippen LogP contribution >= 0.6 is 0 Å². The van der Waals surface area contributed by atoms with Gasteiger partial charge in [-0.15, -0.1) is 0 Å². The van der Waals surface area contributed by atoms with Gasteiger partial charge in [-0.05, 0) is 29.7 Å². The number of ether oxygens (including phenoxy) is 2. The quantitative estimate of drug-likeness (QED) is 0.878. The van der Waals surface area contributed by atoms with Crippen molar-refractivity contribution in [1.82, 2.24) is 4.90 Å². The van der Waals surface area contributed by atoms with Crippen LogP contribution < -0.4 is 14.8 Å². The molecule has 0 unspecified atom stereocenters. The first kappa shape index (κ1) is 17.3. The van der Waals surface area contributed by atoms with E-state index >= 15 is 0 Å². The number of hydrogen-bond acceptors (Lipinski definition) is 4. The van der Waals surface area contributed by atoms with Crippen molar-refractivity contribution in [2.45, 2.75) is 19.4 Å². The van der Waals surface area contributed by atoms with Crippen LogP contribution in [0.25, 0.3) is 0 Å². The lowest BCUT2D eigenvalue weighted by atomic mass is 10.00. The molecule has 0 atom stereocenters. The number of carbonyl (C=O) groups excluding carboxylic acids is 1. The van der Waals surface area contributed by atoms with Gasteiger partial charge in [0.05, 0.1) is 19.9 Å². The molecule has 132 valence electrons. The van der Waals surface area contributed by atoms with Crippen molar-refractivity contribution in [3.8, 4) is 11.5 Å². The molecule has 0 saturated carbocycles. The van der Waals surface area contributed by atoms with Gasteiger partial charge in [-0.25, -0.2) is 0 Å². The number of fused-ring (bicyclic) bond motifs is 1. The van der Waals surface area contributed by atoms with Crippen molar-refractivity contribution in [2.24, 2.45) is 0 Å². The Kier molecular flexibility index (Phi) is 5.56. The lowest BCUT2D eigenvalue weighted by Gasteiger charge is -2.28. The number of nitrogens with zero attached hydrogens (tertiary/aromatic N) is 1. The highest BCUT2D eigenvalue weighted by Crippen LogP contribution is 2.29. The van der Waals surface area contributed by atoms with E-state index in [1.54, 1.807) is 32.4 Å². The highest BCUT2D eigenvalue weighted by atomic mass is 16.5. The number of rotatable bonds is 6. The predicted molar refractivity (Wildman–Crippen MR) is 98.2 cm³/mol. The summed E-state index contributed by atoms with van der Waals surface area (Å²) in [6.45, 7) is 2.66. The fourth-order valence-corrected chi connectivity index (χ4v) is 3.12. The third kappa shape index (κ3) is 4.31. The maximum atomic E-state index is 12.3. The molecule has 0 radical (unpaired) electrons. The van der Waals surface area contributed by atoms with Crippen LogP contribution in [0.2, 0.25) is 0 Å². The van der Waals surface area contributed by atoms with Crippen molar-refractivity contribution in [3.63, 3.8) is 0 Å². The zero-order valence-corrected chi connectivity index (χ0v) is 14.7. The number of nitrogens with one attached hydrogen (secondary N) is 1. The van der Waals surface area contributed by atoms with E-state index in [-0.39, 0.29) is 5.91 Å². The summed E-state index contributed by atoms with van der Waals surface area (Å²) in [4.78, 5) is 14.6. The Morgan fingerprint density at radius 3 is 2.68 bits per heavy atom. The molecule has 0 bridgehead atoms. The molecule has 5 heteroatoms. The van der Waals surface area contributed by atoms with E-state index < -0.39 is 0 Å². The minimum absolute atomic E-state index is 0.0117. The highest BCUT2D eigenvalue weighted by Gasteiger charge is 2.17. The zero-order chi connectivity index (χ0) is 17.6. The predicted octanol–water partition coefficient (Wildman–Crippen LogP) is 3.09. The monoisotopic (exact) mass is 340 g/mol. The van der Waals surface area contributed by atoms with E-state index in [1.807, 2.05) is 0 Å². The number of methoxy groups -OCH3 is 2. The van der Waals surface area contributed by atoms with Crippen LogP contribution in [0, 0.1) is 0 Å². The molecule has 2 aromatic carbocycles. The number of anilines is 1. The van der Waals surface area contributed by atoms with Crippen LogP contribution in [0.4, 0.5) is 5.69 Å². The summed E-state index contributed by atoms with van der Waals surface area (Å²) in [6, 6.07) is 13.9. The molecule has 3 rings (SSSR count). The molecule has 1 amide bonds. The third-order valence-corrected chi connectivity index (χ3v) is 4.55. The van der Waals surface area contributed by atoms with E-state index in [4.69, 9.17) is 9.47 Å². The summed E-state index contributed by atoms with van der Waals surface area (Å²) >= 11 is 0. The zero-order valence-electron chi connectivity index (χ0n) is 14.7. The van der Waals surface area contributed by atoms with Crippen LogP contribution in [0.1, 0.15) is 17.5 Å². The first-order chi connectivity index (χ1) is 12.2. The largest absolute Gasteiger partial charge is 0.497 e. The molecule has 1 heterocycles. The molecule has 0 saturated heterocycles. The molecule has 1 aliphatic rings. The van der Waals surface area contributed by atoms with Gasteiger partial charge in [0.15, 0.2) is 0 Å². The molecular formula is C20H24N2O3. The van der Waals surface area contributed by atoms with Gasteiger partial charge < -0.3 is 14.8 Å². The van der Waals surface area contributed by atoms with E-state index in [0.29, 0.717) is 23.6 Å². The average Bonchev–Trinajstić information content (AvgIpc) is 2.66. The molecule has 0 spiro atoms. The molecule has 1 N–H and O–H groups in total. The Balaban J connectivity index is 1.54. The van der Waals surface area contributed by atoms with E-state index in [9.17, 15) is 4.79 Å². The van der Waals surface area contributed by atoms with Crippen LogP contribution in [0.3, 0.4) is 0 Å². The van der Waals surface area contributed by atoms with Crippen molar-refractivity contribution in [3.05, 3.63) is 53.6 Å². The SMILES string of the molecule is COc1ccc(NC(=O)CCN2CCc3ccccc3C2)c(OC)c1. The Morgan fingerprint density at radius 1 is 1.12 bits per heavy atom. The van der Waals surface area contributed by atoms with Gasteiger partial charge in [0.1, 0.15) is 11.5 Å². The summed E-state index contributed by atoms with van der Waals surface area (Å²) in [5.74, 6) is 1.28. The van der Waals surface area contributed by atoms with Crippen molar-refractivity contribution in [2.75, 3.05) is 32.6 Å². The van der Waals surface area contributed by atoms with Crippen molar-refractivity contribution in [1.29, 1.82) is 0 Å². The van der Waals surface area contributed by atoms with Crippen molar-refractivity contribution >= 4 is 11.6 Å². The van der Waals surface area contributed by atoms with Gasteiger partial charge in [-0.3, -0.25) is 9.69 Å². The van der Waals surface area contributed by atoms with E-state index in [0.717, 1.165) is 26.1 Å². The summed E-state index contributed by atoms with van der Waals surface area (Å²) in [5, 5.41) is 2.93. The molecule has 0 aromatic heterocycles. The van der Waals surface area contributed by atoms with Crippen LogP contribution in [-0.4, -0.2) is 38.1 Å². The van der Waals surface area contributed by atoms with Gasteiger partial charge in [0, 0.05) is 32.1 Å². The molecule has 1 aliphatic heterocycles. The fourth-order valence-electron chi connectivity index (χ4n) is 3.12. The number of hydrogen-bond donors (Lipinski definition) is 1. The lowest BCUT2D eigenvalue weighted by Crippen LogP contribution is -2.33. The minimum atomic E-state index is -0.0117. The average molecular weight is 340 g/mol. The van der Waals surface area contributed by atoms with Crippen molar-refractivity contribution < 1.29 is 14.3 Å². The van der Waals surface area contributed by atoms with Gasteiger partial charge in [-0.2, -0.15) is 0 Å². The topological polar surface area (TPSA) is 50.8 Å². The number of benzene rings is 2. The Hall–Kier alpha value is -2.53. The Labute approximate surface area is 148 Å². The van der Waals surface area contributed by atoms with Crippen LogP contribution in [0.5, 0.6) is 11.5 Å². The van der Waals surface area contributed by atoms with E-state index in [2.05, 4.69) is 34.5 Å². The molecular weight excluding hydrogens is 316 g/mol. The van der Waals surface area contributed by atoms with Gasteiger partial charge in [0.2, 0.25) is 5.91 Å². The van der Waals surface area contributed by atoms with Crippen LogP contribution in [0.15, 0.2) is 42.5 Å². The summed E-state index contributed by atoms with van der Waals surface area (Å²) in [5.41, 5.74) is 3.45. The number of amides is 1. The Bertz CT molecular complexity index is 745. The second kappa shape index (κ2) is 8.03. The van der Waals surface area contributed by atoms with Crippen LogP contribution in [-0.2, 0) is 17.8 Å². The normalized spacial score (nSPS) is 13.8. The minimum Gasteiger partial charge on any atom is -0.497 e. The first-order valence-corrected chi connectivity index (χ1v) is 8.50. The molecule has 25 heavy (non-hydrogen) atoms. The summed E-state index contributed by atoms with van der Waals surface area (Å²) < 4.78 is 10.5. The van der Waals surface area contributed by atoms with E-state index in [1.165, 1.54) is 11.1 Å². The number of carbonyl (C=O) groups is 1. The maximum absolute atomic E-state index is 12.3. The smallest absolute Gasteiger partial charge is 0.225 e. The standard InChI is InChI=1S/C20H24N2O3/c1-24-17-7-8-18(19(13-17)25-2)21-20(23)10-12-22-11-9-15-5-3-4-6-16(15)14-22/h3-8,13H,9-12,14H2,1-2H3,(H,21,23). The summed E-state index contributed by atoms with van der Waals surface area (Å²) in [7, 11) is 3.18. The first-order valence-electron chi connectivity index (χ1n) is 8.50. The second-order valence-electron chi connectivity index (χ2n) is 6.16. The summed E-state index contributed by atoms with van der Waals surface area (Å²) in [6.07, 6.45) is 1.50. The molecule has 0 fully saturated rings. The lowest BCUT2D eigenvalue weighted by molar-refractivity contribution is -0.116. The maximum Gasteiger partial charge on any atom is 0.225 e. The highest BCUT2D eigenvalue weighted by molar-refractivity contribution is 5.92. The third-order valence-electron chi connectivity index (χ3n) is 4.55. The van der Waals surface area contributed by atoms with Gasteiger partial charge in [0.25, 0.3) is 0 Å². The fraction of sp³-hybridized carbons (Fsp3) is 0.350. The molecule has 5 nitrogen and oxygen atoms in total.